The molecule has 0 fully saturated rings. The van der Waals surface area contributed by atoms with Crippen molar-refractivity contribution in [3.63, 3.8) is 0 Å². The Morgan fingerprint density at radius 2 is 1.82 bits per heavy atom. The summed E-state index contributed by atoms with van der Waals surface area (Å²) >= 11 is 0. The lowest BCUT2D eigenvalue weighted by atomic mass is 10.2. The first-order valence-corrected chi connectivity index (χ1v) is 5.81. The van der Waals surface area contributed by atoms with Crippen molar-refractivity contribution in [2.45, 2.75) is 38.8 Å². The molecule has 0 aliphatic carbocycles. The van der Waals surface area contributed by atoms with Gasteiger partial charge in [0.2, 0.25) is 0 Å². The van der Waals surface area contributed by atoms with Gasteiger partial charge in [-0.05, 0) is 33.7 Å². The molecule has 0 aliphatic rings. The van der Waals surface area contributed by atoms with Crippen molar-refractivity contribution in [2.75, 3.05) is 26.3 Å². The standard InChI is InChI=1S/C11H24N2O4/c1-11(2,3)17-10(16)13-6-4-5-12-9(7-14)8-15/h9,12,14-15H,4-8H2,1-3H3,(H,13,16). The summed E-state index contributed by atoms with van der Waals surface area (Å²) in [7, 11) is 0. The van der Waals surface area contributed by atoms with Gasteiger partial charge < -0.3 is 25.6 Å². The molecule has 17 heavy (non-hydrogen) atoms. The van der Waals surface area contributed by atoms with E-state index in [1.54, 1.807) is 20.8 Å². The highest BCUT2D eigenvalue weighted by Crippen LogP contribution is 2.06. The number of hydrogen-bond acceptors (Lipinski definition) is 5. The van der Waals surface area contributed by atoms with E-state index in [1.165, 1.54) is 0 Å². The van der Waals surface area contributed by atoms with Gasteiger partial charge in [-0.25, -0.2) is 4.79 Å². The lowest BCUT2D eigenvalue weighted by Gasteiger charge is -2.19. The van der Waals surface area contributed by atoms with Gasteiger partial charge in [0.1, 0.15) is 5.60 Å². The Balaban J connectivity index is 3.49. The van der Waals surface area contributed by atoms with Crippen LogP contribution in [0, 0.1) is 0 Å². The molecule has 0 spiro atoms. The van der Waals surface area contributed by atoms with Crippen LogP contribution in [0.1, 0.15) is 27.2 Å². The Bertz CT molecular complexity index is 212. The Labute approximate surface area is 102 Å². The number of aliphatic hydroxyl groups is 2. The van der Waals surface area contributed by atoms with Gasteiger partial charge in [-0.15, -0.1) is 0 Å². The van der Waals surface area contributed by atoms with E-state index in [0.717, 1.165) is 0 Å². The first-order valence-electron chi connectivity index (χ1n) is 5.81. The molecular weight excluding hydrogens is 224 g/mol. The summed E-state index contributed by atoms with van der Waals surface area (Å²) in [5, 5.41) is 23.1. The monoisotopic (exact) mass is 248 g/mol. The third-order valence-electron chi connectivity index (χ3n) is 1.90. The van der Waals surface area contributed by atoms with E-state index < -0.39 is 11.7 Å². The van der Waals surface area contributed by atoms with Gasteiger partial charge in [-0.2, -0.15) is 0 Å². The average molecular weight is 248 g/mol. The predicted octanol–water partition coefficient (Wildman–Crippen LogP) is -0.156. The number of carbonyl (C=O) groups is 1. The number of nitrogens with one attached hydrogen (secondary N) is 2. The minimum atomic E-state index is -0.485. The van der Waals surface area contributed by atoms with Gasteiger partial charge >= 0.3 is 6.09 Å². The molecule has 0 aliphatic heterocycles. The maximum Gasteiger partial charge on any atom is 0.407 e. The van der Waals surface area contributed by atoms with Crippen molar-refractivity contribution in [1.29, 1.82) is 0 Å². The number of amides is 1. The smallest absolute Gasteiger partial charge is 0.407 e. The molecule has 1 amide bonds. The maximum atomic E-state index is 11.2. The molecule has 0 aromatic rings. The molecule has 0 saturated carbocycles. The molecule has 0 saturated heterocycles. The van der Waals surface area contributed by atoms with E-state index in [0.29, 0.717) is 19.5 Å². The second-order valence-corrected chi connectivity index (χ2v) is 4.80. The highest BCUT2D eigenvalue weighted by Gasteiger charge is 2.15. The van der Waals surface area contributed by atoms with Gasteiger partial charge in [0.25, 0.3) is 0 Å². The van der Waals surface area contributed by atoms with Crippen molar-refractivity contribution >= 4 is 6.09 Å². The fourth-order valence-electron chi connectivity index (χ4n) is 1.09. The third kappa shape index (κ3) is 10.0. The zero-order valence-electron chi connectivity index (χ0n) is 10.8. The molecule has 0 radical (unpaired) electrons. The molecule has 0 unspecified atom stereocenters. The Hall–Kier alpha value is -0.850. The van der Waals surface area contributed by atoms with E-state index in [1.807, 2.05) is 0 Å². The topological polar surface area (TPSA) is 90.8 Å². The van der Waals surface area contributed by atoms with Crippen LogP contribution in [0.4, 0.5) is 4.79 Å². The summed E-state index contributed by atoms with van der Waals surface area (Å²) in [5.74, 6) is 0. The summed E-state index contributed by atoms with van der Waals surface area (Å²) in [6.45, 7) is 6.32. The SMILES string of the molecule is CC(C)(C)OC(=O)NCCCNC(CO)CO. The number of carbonyl (C=O) groups excluding carboxylic acids is 1. The molecule has 4 N–H and O–H groups in total. The molecule has 102 valence electrons. The van der Waals surface area contributed by atoms with Crippen LogP contribution in [0.2, 0.25) is 0 Å². The van der Waals surface area contributed by atoms with Crippen LogP contribution in [0.5, 0.6) is 0 Å². The molecule has 0 atom stereocenters. The summed E-state index contributed by atoms with van der Waals surface area (Å²) in [6, 6.07) is -0.295. The fourth-order valence-corrected chi connectivity index (χ4v) is 1.09. The third-order valence-corrected chi connectivity index (χ3v) is 1.90. The molecule has 6 nitrogen and oxygen atoms in total. The van der Waals surface area contributed by atoms with Crippen LogP contribution in [-0.2, 0) is 4.74 Å². The highest BCUT2D eigenvalue weighted by molar-refractivity contribution is 5.67. The van der Waals surface area contributed by atoms with Crippen molar-refractivity contribution in [2.24, 2.45) is 0 Å². The van der Waals surface area contributed by atoms with Crippen molar-refractivity contribution in [3.8, 4) is 0 Å². The fraction of sp³-hybridized carbons (Fsp3) is 0.909. The second-order valence-electron chi connectivity index (χ2n) is 4.80. The van der Waals surface area contributed by atoms with E-state index >= 15 is 0 Å². The van der Waals surface area contributed by atoms with E-state index in [9.17, 15) is 4.79 Å². The number of ether oxygens (including phenoxy) is 1. The van der Waals surface area contributed by atoms with E-state index in [2.05, 4.69) is 10.6 Å². The van der Waals surface area contributed by atoms with Crippen molar-refractivity contribution < 1.29 is 19.7 Å². The zero-order chi connectivity index (χ0) is 13.3. The molecule has 6 heteroatoms. The van der Waals surface area contributed by atoms with Crippen molar-refractivity contribution in [1.82, 2.24) is 10.6 Å². The number of hydrogen-bond donors (Lipinski definition) is 4. The lowest BCUT2D eigenvalue weighted by molar-refractivity contribution is 0.0527. The van der Waals surface area contributed by atoms with Gasteiger partial charge in [-0.1, -0.05) is 0 Å². The number of alkyl carbamates (subject to hydrolysis) is 1. The maximum absolute atomic E-state index is 11.2. The van der Waals surface area contributed by atoms with Gasteiger partial charge in [0, 0.05) is 6.54 Å². The Morgan fingerprint density at radius 3 is 2.29 bits per heavy atom. The largest absolute Gasteiger partial charge is 0.444 e. The summed E-state index contributed by atoms with van der Waals surface area (Å²) in [5.41, 5.74) is -0.485. The molecule has 0 aromatic heterocycles. The zero-order valence-corrected chi connectivity index (χ0v) is 10.8. The lowest BCUT2D eigenvalue weighted by Crippen LogP contribution is -2.38. The quantitative estimate of drug-likeness (QED) is 0.470. The summed E-state index contributed by atoms with van der Waals surface area (Å²) in [4.78, 5) is 11.2. The van der Waals surface area contributed by atoms with Gasteiger partial charge in [0.15, 0.2) is 0 Å². The minimum absolute atomic E-state index is 0.101. The molecule has 0 rings (SSSR count). The van der Waals surface area contributed by atoms with Gasteiger partial charge in [0.05, 0.1) is 19.3 Å². The Morgan fingerprint density at radius 1 is 1.24 bits per heavy atom. The minimum Gasteiger partial charge on any atom is -0.444 e. The summed E-state index contributed by atoms with van der Waals surface area (Å²) in [6.07, 6.45) is 0.272. The molecule has 0 aromatic carbocycles. The first-order chi connectivity index (χ1) is 7.89. The van der Waals surface area contributed by atoms with E-state index in [4.69, 9.17) is 14.9 Å². The van der Waals surface area contributed by atoms with Crippen LogP contribution < -0.4 is 10.6 Å². The Kier molecular flexibility index (Phi) is 7.86. The average Bonchev–Trinajstić information content (AvgIpc) is 2.21. The van der Waals surface area contributed by atoms with Crippen LogP contribution >= 0.6 is 0 Å². The molecular formula is C11H24N2O4. The molecule has 0 bridgehead atoms. The van der Waals surface area contributed by atoms with E-state index in [-0.39, 0.29) is 19.3 Å². The number of aliphatic hydroxyl groups excluding tert-OH is 2. The number of rotatable bonds is 7. The van der Waals surface area contributed by atoms with Crippen molar-refractivity contribution in [3.05, 3.63) is 0 Å². The van der Waals surface area contributed by atoms with Crippen LogP contribution in [-0.4, -0.2) is 54.3 Å². The molecule has 0 heterocycles. The van der Waals surface area contributed by atoms with Crippen LogP contribution in [0.3, 0.4) is 0 Å². The van der Waals surface area contributed by atoms with Crippen LogP contribution in [0.25, 0.3) is 0 Å². The second kappa shape index (κ2) is 8.27. The highest BCUT2D eigenvalue weighted by atomic mass is 16.6. The van der Waals surface area contributed by atoms with Crippen LogP contribution in [0.15, 0.2) is 0 Å². The summed E-state index contributed by atoms with van der Waals surface area (Å²) < 4.78 is 5.06. The predicted molar refractivity (Wildman–Crippen MR) is 64.8 cm³/mol. The normalized spacial score (nSPS) is 11.6. The first kappa shape index (κ1) is 16.1. The van der Waals surface area contributed by atoms with Gasteiger partial charge in [-0.3, -0.25) is 0 Å².